The summed E-state index contributed by atoms with van der Waals surface area (Å²) in [4.78, 5) is 13.6. The zero-order valence-electron chi connectivity index (χ0n) is 12.2. The molecular formula is C15H24N2O3. The minimum Gasteiger partial charge on any atom is -0.467 e. The number of aliphatic hydroxyl groups is 1. The van der Waals surface area contributed by atoms with Crippen molar-refractivity contribution in [1.82, 2.24) is 4.90 Å². The van der Waals surface area contributed by atoms with E-state index in [1.54, 1.807) is 0 Å². The van der Waals surface area contributed by atoms with Crippen molar-refractivity contribution in [2.75, 3.05) is 26.7 Å². The van der Waals surface area contributed by atoms with Gasteiger partial charge in [-0.3, -0.25) is 4.90 Å². The molecule has 1 aromatic carbocycles. The Morgan fingerprint density at radius 1 is 1.40 bits per heavy atom. The van der Waals surface area contributed by atoms with Gasteiger partial charge in [0.25, 0.3) is 0 Å². The highest BCUT2D eigenvalue weighted by Crippen LogP contribution is 2.12. The van der Waals surface area contributed by atoms with E-state index in [0.717, 1.165) is 18.5 Å². The number of nitrogens with zero attached hydrogens (tertiary/aromatic N) is 1. The molecule has 0 aliphatic carbocycles. The first-order chi connectivity index (χ1) is 9.49. The van der Waals surface area contributed by atoms with Crippen molar-refractivity contribution in [3.05, 3.63) is 35.9 Å². The van der Waals surface area contributed by atoms with Gasteiger partial charge in [-0.2, -0.15) is 0 Å². The van der Waals surface area contributed by atoms with E-state index in [-0.39, 0.29) is 6.54 Å². The van der Waals surface area contributed by atoms with E-state index < -0.39 is 11.6 Å². The number of ether oxygens (including phenoxy) is 1. The third-order valence-corrected chi connectivity index (χ3v) is 3.08. The van der Waals surface area contributed by atoms with Gasteiger partial charge >= 0.3 is 5.97 Å². The minimum atomic E-state index is -1.52. The molecule has 3 N–H and O–H groups in total. The van der Waals surface area contributed by atoms with Crippen molar-refractivity contribution in [3.63, 3.8) is 0 Å². The summed E-state index contributed by atoms with van der Waals surface area (Å²) in [6.45, 7) is 3.64. The number of nitrogens with two attached hydrogens (primary N) is 1. The smallest absolute Gasteiger partial charge is 0.338 e. The predicted octanol–water partition coefficient (Wildman–Crippen LogP) is 0.761. The number of carbonyl (C=O) groups excluding carboxylic acids is 1. The monoisotopic (exact) mass is 280 g/mol. The van der Waals surface area contributed by atoms with E-state index in [9.17, 15) is 9.90 Å². The molecule has 112 valence electrons. The number of rotatable bonds is 8. The summed E-state index contributed by atoms with van der Waals surface area (Å²) in [7, 11) is 1.28. The molecule has 0 aliphatic rings. The maximum absolute atomic E-state index is 11.6. The lowest BCUT2D eigenvalue weighted by molar-refractivity contribution is -0.162. The highest BCUT2D eigenvalue weighted by atomic mass is 16.5. The van der Waals surface area contributed by atoms with Crippen LogP contribution in [-0.2, 0) is 16.1 Å². The Hall–Kier alpha value is -1.43. The number of hydrogen-bond acceptors (Lipinski definition) is 5. The first kappa shape index (κ1) is 16.6. The van der Waals surface area contributed by atoms with Crippen molar-refractivity contribution in [2.45, 2.75) is 25.5 Å². The van der Waals surface area contributed by atoms with Crippen molar-refractivity contribution < 1.29 is 14.6 Å². The molecule has 0 aliphatic heterocycles. The van der Waals surface area contributed by atoms with Crippen LogP contribution in [0.3, 0.4) is 0 Å². The van der Waals surface area contributed by atoms with Gasteiger partial charge in [-0.1, -0.05) is 30.3 Å². The molecule has 0 spiro atoms. The minimum absolute atomic E-state index is 0.217. The van der Waals surface area contributed by atoms with Crippen LogP contribution in [0.1, 0.15) is 18.9 Å². The molecule has 0 fully saturated rings. The van der Waals surface area contributed by atoms with Gasteiger partial charge in [-0.15, -0.1) is 0 Å². The Morgan fingerprint density at radius 3 is 2.60 bits per heavy atom. The largest absolute Gasteiger partial charge is 0.467 e. The van der Waals surface area contributed by atoms with Gasteiger partial charge in [0.15, 0.2) is 5.60 Å². The van der Waals surface area contributed by atoms with E-state index in [1.165, 1.54) is 14.0 Å². The van der Waals surface area contributed by atoms with Crippen LogP contribution < -0.4 is 5.73 Å². The first-order valence-electron chi connectivity index (χ1n) is 6.76. The molecule has 1 rings (SSSR count). The summed E-state index contributed by atoms with van der Waals surface area (Å²) in [5, 5.41) is 10.2. The van der Waals surface area contributed by atoms with Crippen molar-refractivity contribution >= 4 is 5.97 Å². The average molecular weight is 280 g/mol. The molecule has 0 aromatic heterocycles. The Bertz CT molecular complexity index is 407. The standard InChI is InChI=1S/C15H24N2O3/c1-15(19,14(18)20-2)12-17(10-6-9-16)11-13-7-4-3-5-8-13/h3-5,7-8,19H,6,9-12,16H2,1-2H3. The van der Waals surface area contributed by atoms with Gasteiger partial charge in [-0.05, 0) is 32.0 Å². The first-order valence-corrected chi connectivity index (χ1v) is 6.76. The normalized spacial score (nSPS) is 14.1. The third kappa shape index (κ3) is 5.28. The fraction of sp³-hybridized carbons (Fsp3) is 0.533. The lowest BCUT2D eigenvalue weighted by Gasteiger charge is -2.29. The zero-order chi connectivity index (χ0) is 15.0. The molecule has 0 saturated heterocycles. The van der Waals surface area contributed by atoms with Crippen LogP contribution >= 0.6 is 0 Å². The van der Waals surface area contributed by atoms with Crippen LogP contribution in [0.2, 0.25) is 0 Å². The quantitative estimate of drug-likeness (QED) is 0.688. The molecule has 0 amide bonds. The van der Waals surface area contributed by atoms with Gasteiger partial charge < -0.3 is 15.6 Å². The molecule has 0 heterocycles. The molecule has 0 radical (unpaired) electrons. The van der Waals surface area contributed by atoms with Gasteiger partial charge in [0.05, 0.1) is 7.11 Å². The maximum atomic E-state index is 11.6. The van der Waals surface area contributed by atoms with Crippen molar-refractivity contribution in [1.29, 1.82) is 0 Å². The number of carbonyl (C=O) groups is 1. The van der Waals surface area contributed by atoms with Gasteiger partial charge in [0.1, 0.15) is 0 Å². The Morgan fingerprint density at radius 2 is 2.05 bits per heavy atom. The summed E-state index contributed by atoms with van der Waals surface area (Å²) < 4.78 is 4.63. The Balaban J connectivity index is 2.71. The second kappa shape index (κ2) is 7.99. The second-order valence-corrected chi connectivity index (χ2v) is 5.10. The van der Waals surface area contributed by atoms with Crippen LogP contribution in [0.15, 0.2) is 30.3 Å². The van der Waals surface area contributed by atoms with Crippen LogP contribution in [-0.4, -0.2) is 48.3 Å². The highest BCUT2D eigenvalue weighted by Gasteiger charge is 2.33. The number of methoxy groups -OCH3 is 1. The SMILES string of the molecule is COC(=O)C(C)(O)CN(CCCN)Cc1ccccc1. The van der Waals surface area contributed by atoms with E-state index >= 15 is 0 Å². The van der Waals surface area contributed by atoms with E-state index in [1.807, 2.05) is 35.2 Å². The number of hydrogen-bond donors (Lipinski definition) is 2. The molecule has 0 saturated carbocycles. The summed E-state index contributed by atoms with van der Waals surface area (Å²) >= 11 is 0. The molecule has 5 nitrogen and oxygen atoms in total. The fourth-order valence-corrected chi connectivity index (χ4v) is 2.09. The Kier molecular flexibility index (Phi) is 6.64. The molecular weight excluding hydrogens is 256 g/mol. The van der Waals surface area contributed by atoms with Crippen LogP contribution in [0, 0.1) is 0 Å². The summed E-state index contributed by atoms with van der Waals surface area (Å²) in [5.41, 5.74) is 5.15. The van der Waals surface area contributed by atoms with Gasteiger partial charge in [0, 0.05) is 13.1 Å². The van der Waals surface area contributed by atoms with Crippen LogP contribution in [0.4, 0.5) is 0 Å². The van der Waals surface area contributed by atoms with E-state index in [2.05, 4.69) is 4.74 Å². The topological polar surface area (TPSA) is 75.8 Å². The van der Waals surface area contributed by atoms with Crippen LogP contribution in [0.5, 0.6) is 0 Å². The molecule has 20 heavy (non-hydrogen) atoms. The predicted molar refractivity (Wildman–Crippen MR) is 78.0 cm³/mol. The molecule has 0 bridgehead atoms. The average Bonchev–Trinajstić information content (AvgIpc) is 2.44. The molecule has 1 unspecified atom stereocenters. The lowest BCUT2D eigenvalue weighted by atomic mass is 10.1. The lowest BCUT2D eigenvalue weighted by Crippen LogP contribution is -2.47. The zero-order valence-corrected chi connectivity index (χ0v) is 12.2. The van der Waals surface area contributed by atoms with Gasteiger partial charge in [-0.25, -0.2) is 4.79 Å². The molecule has 5 heteroatoms. The summed E-state index contributed by atoms with van der Waals surface area (Å²) in [5.74, 6) is -0.622. The maximum Gasteiger partial charge on any atom is 0.338 e. The van der Waals surface area contributed by atoms with Crippen LogP contribution in [0.25, 0.3) is 0 Å². The number of benzene rings is 1. The molecule has 1 atom stereocenters. The highest BCUT2D eigenvalue weighted by molar-refractivity contribution is 5.78. The summed E-state index contributed by atoms with van der Waals surface area (Å²) in [6, 6.07) is 9.92. The summed E-state index contributed by atoms with van der Waals surface area (Å²) in [6.07, 6.45) is 0.810. The second-order valence-electron chi connectivity index (χ2n) is 5.10. The van der Waals surface area contributed by atoms with Gasteiger partial charge in [0.2, 0.25) is 0 Å². The van der Waals surface area contributed by atoms with E-state index in [0.29, 0.717) is 13.1 Å². The van der Waals surface area contributed by atoms with Crippen molar-refractivity contribution in [3.8, 4) is 0 Å². The number of esters is 1. The fourth-order valence-electron chi connectivity index (χ4n) is 2.09. The Labute approximate surface area is 120 Å². The van der Waals surface area contributed by atoms with Crippen molar-refractivity contribution in [2.24, 2.45) is 5.73 Å². The molecule has 1 aromatic rings. The van der Waals surface area contributed by atoms with E-state index in [4.69, 9.17) is 5.73 Å². The third-order valence-electron chi connectivity index (χ3n) is 3.08.